The number of aryl methyl sites for hydroxylation is 2. The normalized spacial score (nSPS) is 13.0. The molecule has 0 saturated carbocycles. The van der Waals surface area contributed by atoms with Gasteiger partial charge in [-0.25, -0.2) is 0 Å². The average Bonchev–Trinajstić information content (AvgIpc) is 2.55. The predicted octanol–water partition coefficient (Wildman–Crippen LogP) is 3.32. The Morgan fingerprint density at radius 2 is 2.11 bits per heavy atom. The molecule has 0 aromatic carbocycles. The topological polar surface area (TPSA) is 61.0 Å². The molecule has 1 atom stereocenters. The zero-order chi connectivity index (χ0) is 13.9. The first-order chi connectivity index (χ1) is 8.38. The molecule has 0 N–H and O–H groups in total. The van der Waals surface area contributed by atoms with Crippen LogP contribution in [0.3, 0.4) is 0 Å². The van der Waals surface area contributed by atoms with Crippen molar-refractivity contribution in [2.75, 3.05) is 0 Å². The Morgan fingerprint density at radius 1 is 1.50 bits per heavy atom. The summed E-state index contributed by atoms with van der Waals surface area (Å²) < 4.78 is 1.73. The lowest BCUT2D eigenvalue weighted by molar-refractivity contribution is -0.386. The summed E-state index contributed by atoms with van der Waals surface area (Å²) in [5.74, 6) is 0.275. The van der Waals surface area contributed by atoms with E-state index in [1.165, 1.54) is 0 Å². The zero-order valence-electron chi connectivity index (χ0n) is 11.3. The summed E-state index contributed by atoms with van der Waals surface area (Å²) in [6.07, 6.45) is 1.37. The van der Waals surface area contributed by atoms with Gasteiger partial charge in [-0.1, -0.05) is 20.8 Å². The maximum atomic E-state index is 11.1. The van der Waals surface area contributed by atoms with Gasteiger partial charge < -0.3 is 0 Å². The van der Waals surface area contributed by atoms with Crippen molar-refractivity contribution >= 4 is 17.3 Å². The van der Waals surface area contributed by atoms with Gasteiger partial charge in [0.05, 0.1) is 4.92 Å². The monoisotopic (exact) mass is 273 g/mol. The predicted molar refractivity (Wildman–Crippen MR) is 72.1 cm³/mol. The fourth-order valence-electron chi connectivity index (χ4n) is 1.88. The summed E-state index contributed by atoms with van der Waals surface area (Å²) in [7, 11) is 0. The van der Waals surface area contributed by atoms with Gasteiger partial charge in [0.2, 0.25) is 0 Å². The smallest absolute Gasteiger partial charge is 0.262 e. The number of hydrogen-bond donors (Lipinski definition) is 0. The van der Waals surface area contributed by atoms with Gasteiger partial charge in [-0.3, -0.25) is 14.8 Å². The molecular weight excluding hydrogens is 254 g/mol. The molecule has 1 heterocycles. The molecule has 18 heavy (non-hydrogen) atoms. The van der Waals surface area contributed by atoms with Crippen LogP contribution in [0.1, 0.15) is 38.6 Å². The van der Waals surface area contributed by atoms with Crippen LogP contribution in [0.15, 0.2) is 0 Å². The van der Waals surface area contributed by atoms with Gasteiger partial charge in [0.15, 0.2) is 0 Å². The summed E-state index contributed by atoms with van der Waals surface area (Å²) in [5, 5.41) is 15.3. The molecule has 1 aromatic heterocycles. The highest BCUT2D eigenvalue weighted by Crippen LogP contribution is 2.27. The first-order valence-electron chi connectivity index (χ1n) is 6.23. The molecular formula is C12H20ClN3O2. The summed E-state index contributed by atoms with van der Waals surface area (Å²) in [6.45, 7) is 8.40. The molecule has 1 rings (SSSR count). The van der Waals surface area contributed by atoms with Crippen molar-refractivity contribution < 1.29 is 4.92 Å². The second kappa shape index (κ2) is 6.18. The highest BCUT2D eigenvalue weighted by Gasteiger charge is 2.27. The lowest BCUT2D eigenvalue weighted by Gasteiger charge is -2.13. The van der Waals surface area contributed by atoms with E-state index in [0.29, 0.717) is 24.4 Å². The van der Waals surface area contributed by atoms with Crippen LogP contribution in [0.25, 0.3) is 0 Å². The van der Waals surface area contributed by atoms with Crippen LogP contribution in [0.4, 0.5) is 5.69 Å². The van der Waals surface area contributed by atoms with Gasteiger partial charge in [0.25, 0.3) is 0 Å². The Morgan fingerprint density at radius 3 is 2.56 bits per heavy atom. The number of aromatic nitrogens is 2. The third kappa shape index (κ3) is 3.22. The van der Waals surface area contributed by atoms with Crippen LogP contribution in [-0.4, -0.2) is 20.1 Å². The van der Waals surface area contributed by atoms with E-state index in [-0.39, 0.29) is 21.9 Å². The molecule has 0 bridgehead atoms. The minimum absolute atomic E-state index is 0.115. The maximum absolute atomic E-state index is 11.1. The Hall–Kier alpha value is -1.10. The molecule has 0 aliphatic carbocycles. The highest BCUT2D eigenvalue weighted by molar-refractivity contribution is 6.20. The van der Waals surface area contributed by atoms with Gasteiger partial charge in [0.1, 0.15) is 11.4 Å². The molecule has 102 valence electrons. The number of alkyl halides is 1. The molecule has 0 aliphatic heterocycles. The fraction of sp³-hybridized carbons (Fsp3) is 0.750. The van der Waals surface area contributed by atoms with E-state index in [1.807, 2.05) is 20.8 Å². The summed E-state index contributed by atoms with van der Waals surface area (Å²) in [6, 6.07) is 0. The fourth-order valence-corrected chi connectivity index (χ4v) is 2.02. The standard InChI is InChI=1S/C12H20ClN3O2/c1-5-6-15-11(7-10(13)8(2)3)12(16(17)18)9(4)14-15/h8,10H,5-7H2,1-4H3. The molecule has 0 aliphatic rings. The molecule has 5 nitrogen and oxygen atoms in total. The molecule has 0 amide bonds. The lowest BCUT2D eigenvalue weighted by atomic mass is 10.0. The van der Waals surface area contributed by atoms with E-state index < -0.39 is 0 Å². The molecule has 6 heteroatoms. The van der Waals surface area contributed by atoms with Crippen LogP contribution < -0.4 is 0 Å². The van der Waals surface area contributed by atoms with Crippen LogP contribution in [0.2, 0.25) is 0 Å². The Bertz CT molecular complexity index is 429. The molecule has 0 spiro atoms. The Labute approximate surface area is 112 Å². The summed E-state index contributed by atoms with van der Waals surface area (Å²) >= 11 is 6.24. The number of nitro groups is 1. The molecule has 1 aromatic rings. The van der Waals surface area contributed by atoms with Crippen molar-refractivity contribution in [3.05, 3.63) is 21.5 Å². The number of halogens is 1. The van der Waals surface area contributed by atoms with Crippen LogP contribution >= 0.6 is 11.6 Å². The SMILES string of the molecule is CCCn1nc(C)c([N+](=O)[O-])c1CC(Cl)C(C)C. The third-order valence-corrected chi connectivity index (χ3v) is 3.59. The van der Waals surface area contributed by atoms with Gasteiger partial charge in [-0.05, 0) is 19.3 Å². The molecule has 0 saturated heterocycles. The number of nitrogens with zero attached hydrogens (tertiary/aromatic N) is 3. The van der Waals surface area contributed by atoms with Crippen molar-refractivity contribution in [2.24, 2.45) is 5.92 Å². The van der Waals surface area contributed by atoms with Gasteiger partial charge in [0, 0.05) is 18.3 Å². The highest BCUT2D eigenvalue weighted by atomic mass is 35.5. The van der Waals surface area contributed by atoms with Gasteiger partial charge in [-0.2, -0.15) is 5.10 Å². The van der Waals surface area contributed by atoms with Crippen LogP contribution in [0.5, 0.6) is 0 Å². The number of rotatable bonds is 6. The lowest BCUT2D eigenvalue weighted by Crippen LogP contribution is -2.16. The van der Waals surface area contributed by atoms with Crippen molar-refractivity contribution in [2.45, 2.75) is 52.5 Å². The maximum Gasteiger partial charge on any atom is 0.313 e. The van der Waals surface area contributed by atoms with Crippen LogP contribution in [-0.2, 0) is 13.0 Å². The minimum atomic E-state index is -0.353. The molecule has 0 radical (unpaired) electrons. The third-order valence-electron chi connectivity index (χ3n) is 2.93. The van der Waals surface area contributed by atoms with E-state index in [0.717, 1.165) is 6.42 Å². The Balaban J connectivity index is 3.15. The second-order valence-electron chi connectivity index (χ2n) is 4.83. The average molecular weight is 274 g/mol. The van der Waals surface area contributed by atoms with Gasteiger partial charge >= 0.3 is 5.69 Å². The Kier molecular flexibility index (Phi) is 5.14. The zero-order valence-corrected chi connectivity index (χ0v) is 12.1. The van der Waals surface area contributed by atoms with Crippen molar-refractivity contribution in [1.29, 1.82) is 0 Å². The van der Waals surface area contributed by atoms with E-state index >= 15 is 0 Å². The van der Waals surface area contributed by atoms with E-state index in [2.05, 4.69) is 5.10 Å². The van der Waals surface area contributed by atoms with Crippen molar-refractivity contribution in [3.63, 3.8) is 0 Å². The first-order valence-corrected chi connectivity index (χ1v) is 6.66. The minimum Gasteiger partial charge on any atom is -0.262 e. The summed E-state index contributed by atoms with van der Waals surface area (Å²) in [4.78, 5) is 10.8. The first kappa shape index (κ1) is 15.0. The summed E-state index contributed by atoms with van der Waals surface area (Å²) in [5.41, 5.74) is 1.24. The van der Waals surface area contributed by atoms with Crippen molar-refractivity contribution in [3.8, 4) is 0 Å². The van der Waals surface area contributed by atoms with Crippen molar-refractivity contribution in [1.82, 2.24) is 9.78 Å². The second-order valence-corrected chi connectivity index (χ2v) is 5.39. The van der Waals surface area contributed by atoms with E-state index in [4.69, 9.17) is 11.6 Å². The molecule has 1 unspecified atom stereocenters. The van der Waals surface area contributed by atoms with Crippen LogP contribution in [0, 0.1) is 23.0 Å². The quantitative estimate of drug-likeness (QED) is 0.454. The van der Waals surface area contributed by atoms with E-state index in [9.17, 15) is 10.1 Å². The number of hydrogen-bond acceptors (Lipinski definition) is 3. The largest absolute Gasteiger partial charge is 0.313 e. The van der Waals surface area contributed by atoms with Gasteiger partial charge in [-0.15, -0.1) is 11.6 Å². The molecule has 0 fully saturated rings. The van der Waals surface area contributed by atoms with E-state index in [1.54, 1.807) is 11.6 Å².